The number of sulfonamides is 1. The summed E-state index contributed by atoms with van der Waals surface area (Å²) in [5, 5.41) is -5.04. The maximum Gasteiger partial charge on any atom is 0.357 e. The Morgan fingerprint density at radius 2 is 1.54 bits per heavy atom. The number of rotatable bonds is 4. The monoisotopic (exact) mass is 244 g/mol. The third-order valence-electron chi connectivity index (χ3n) is 0.720. The second kappa shape index (κ2) is 3.38. The van der Waals surface area contributed by atoms with Gasteiger partial charge in [0.15, 0.2) is 16.7 Å². The standard InChI is InChI=1S/C2H2F4NO4S2/c3-1-2(4,5)12(8,9)7-13(6,10)11/h1H2/q-1. The van der Waals surface area contributed by atoms with E-state index in [1.165, 1.54) is 4.13 Å². The van der Waals surface area contributed by atoms with Crippen molar-refractivity contribution < 1.29 is 33.9 Å². The summed E-state index contributed by atoms with van der Waals surface area (Å²) in [5.74, 6) is 0. The topological polar surface area (TPSA) is 82.4 Å². The fourth-order valence-electron chi connectivity index (χ4n) is 0.241. The van der Waals surface area contributed by atoms with Gasteiger partial charge in [-0.2, -0.15) is 8.78 Å². The molecule has 0 aromatic rings. The Labute approximate surface area is 71.1 Å². The normalized spacial score (nSPS) is 14.5. The van der Waals surface area contributed by atoms with E-state index >= 15 is 0 Å². The first-order chi connectivity index (χ1) is 5.52. The first-order valence-corrected chi connectivity index (χ1v) is 5.17. The van der Waals surface area contributed by atoms with Crippen LogP contribution in [0.15, 0.2) is 0 Å². The summed E-state index contributed by atoms with van der Waals surface area (Å²) in [6.07, 6.45) is 0. The molecule has 0 amide bonds. The minimum atomic E-state index is -6.01. The summed E-state index contributed by atoms with van der Waals surface area (Å²) >= 11 is 0. The molecular weight excluding hydrogens is 242 g/mol. The van der Waals surface area contributed by atoms with Crippen molar-refractivity contribution in [1.29, 1.82) is 0 Å². The highest BCUT2D eigenvalue weighted by Gasteiger charge is 2.40. The first kappa shape index (κ1) is 12.6. The molecule has 0 bridgehead atoms. The third-order valence-corrected chi connectivity index (χ3v) is 3.08. The van der Waals surface area contributed by atoms with E-state index in [0.29, 0.717) is 0 Å². The largest absolute Gasteiger partial charge is 0.402 e. The highest BCUT2D eigenvalue weighted by atomic mass is 32.3. The van der Waals surface area contributed by atoms with Crippen LogP contribution in [0.2, 0.25) is 0 Å². The number of halogens is 4. The lowest BCUT2D eigenvalue weighted by atomic mass is 10.8. The molecule has 0 aliphatic rings. The van der Waals surface area contributed by atoms with E-state index in [2.05, 4.69) is 0 Å². The highest BCUT2D eigenvalue weighted by Crippen LogP contribution is 2.29. The summed E-state index contributed by atoms with van der Waals surface area (Å²) in [6, 6.07) is 0. The molecule has 11 heteroatoms. The maximum absolute atomic E-state index is 12.0. The van der Waals surface area contributed by atoms with Gasteiger partial charge >= 0.3 is 5.25 Å². The van der Waals surface area contributed by atoms with E-state index in [1.807, 2.05) is 0 Å². The van der Waals surface area contributed by atoms with Crippen molar-refractivity contribution in [3.63, 3.8) is 0 Å². The Bertz CT molecular complexity index is 371. The smallest absolute Gasteiger partial charge is 0.357 e. The van der Waals surface area contributed by atoms with E-state index in [0.717, 1.165) is 0 Å². The third kappa shape index (κ3) is 3.44. The molecule has 0 N–H and O–H groups in total. The zero-order valence-electron chi connectivity index (χ0n) is 5.62. The minimum absolute atomic E-state index is 1.17. The lowest BCUT2D eigenvalue weighted by molar-refractivity contribution is 0.0632. The van der Waals surface area contributed by atoms with Gasteiger partial charge in [0.25, 0.3) is 0 Å². The summed E-state index contributed by atoms with van der Waals surface area (Å²) in [6.45, 7) is -2.69. The quantitative estimate of drug-likeness (QED) is 0.531. The van der Waals surface area contributed by atoms with Crippen LogP contribution in [0.4, 0.5) is 17.1 Å². The van der Waals surface area contributed by atoms with Crippen molar-refractivity contribution in [3.8, 4) is 0 Å². The van der Waals surface area contributed by atoms with Crippen LogP contribution in [0.25, 0.3) is 4.13 Å². The number of alkyl halides is 3. The van der Waals surface area contributed by atoms with Crippen LogP contribution in [-0.2, 0) is 20.4 Å². The highest BCUT2D eigenvalue weighted by molar-refractivity contribution is 8.10. The first-order valence-electron chi connectivity index (χ1n) is 2.39. The van der Waals surface area contributed by atoms with Gasteiger partial charge in [-0.3, -0.25) is 0 Å². The van der Waals surface area contributed by atoms with E-state index in [1.54, 1.807) is 0 Å². The van der Waals surface area contributed by atoms with Crippen molar-refractivity contribution in [1.82, 2.24) is 0 Å². The molecule has 0 heterocycles. The molecule has 0 aromatic heterocycles. The second-order valence-corrected chi connectivity index (χ2v) is 4.70. The number of hydrogen-bond acceptors (Lipinski definition) is 4. The predicted octanol–water partition coefficient (Wildman–Crippen LogP) is 0.467. The van der Waals surface area contributed by atoms with Crippen molar-refractivity contribution >= 4 is 20.4 Å². The fraction of sp³-hybridized carbons (Fsp3) is 1.00. The molecule has 0 saturated heterocycles. The molecule has 0 radical (unpaired) electrons. The van der Waals surface area contributed by atoms with Crippen LogP contribution < -0.4 is 0 Å². The summed E-state index contributed by atoms with van der Waals surface area (Å²) in [5.41, 5.74) is 0. The zero-order chi connectivity index (χ0) is 10.9. The Hall–Kier alpha value is -0.420. The van der Waals surface area contributed by atoms with Crippen LogP contribution in [0, 0.1) is 0 Å². The van der Waals surface area contributed by atoms with Gasteiger partial charge in [-0.25, -0.2) is 21.2 Å². The van der Waals surface area contributed by atoms with Gasteiger partial charge in [-0.1, -0.05) is 0 Å². The van der Waals surface area contributed by atoms with E-state index in [9.17, 15) is 33.9 Å². The molecule has 0 aromatic carbocycles. The molecule has 0 aliphatic heterocycles. The van der Waals surface area contributed by atoms with Crippen molar-refractivity contribution in [2.24, 2.45) is 0 Å². The summed E-state index contributed by atoms with van der Waals surface area (Å²) in [7, 11) is -12.0. The Balaban J connectivity index is 5.03. The van der Waals surface area contributed by atoms with E-state index in [4.69, 9.17) is 0 Å². The lowest BCUT2D eigenvalue weighted by Gasteiger charge is -2.21. The van der Waals surface area contributed by atoms with Gasteiger partial charge in [0.2, 0.25) is 10.4 Å². The SMILES string of the molecule is O=S(=O)(F)[N-]S(=O)(=O)C(F)(F)CF. The molecule has 80 valence electrons. The van der Waals surface area contributed by atoms with Crippen LogP contribution in [0.5, 0.6) is 0 Å². The maximum atomic E-state index is 12.0. The van der Waals surface area contributed by atoms with Crippen molar-refractivity contribution in [2.75, 3.05) is 6.67 Å². The van der Waals surface area contributed by atoms with Gasteiger partial charge in [-0.05, 0) is 0 Å². The van der Waals surface area contributed by atoms with Gasteiger partial charge in [0, 0.05) is 0 Å². The predicted molar refractivity (Wildman–Crippen MR) is 33.2 cm³/mol. The Morgan fingerprint density at radius 3 is 1.77 bits per heavy atom. The van der Waals surface area contributed by atoms with Crippen LogP contribution >= 0.6 is 0 Å². The van der Waals surface area contributed by atoms with Crippen LogP contribution in [-0.4, -0.2) is 28.8 Å². The summed E-state index contributed by atoms with van der Waals surface area (Å²) < 4.78 is 87.3. The van der Waals surface area contributed by atoms with Crippen molar-refractivity contribution in [3.05, 3.63) is 4.13 Å². The molecule has 0 atom stereocenters. The van der Waals surface area contributed by atoms with Gasteiger partial charge < -0.3 is 4.13 Å². The molecule has 0 saturated carbocycles. The molecule has 0 spiro atoms. The van der Waals surface area contributed by atoms with Crippen molar-refractivity contribution in [2.45, 2.75) is 5.25 Å². The average molecular weight is 244 g/mol. The molecular formula is C2H2F4NO4S2-. The van der Waals surface area contributed by atoms with Crippen LogP contribution in [0.1, 0.15) is 0 Å². The zero-order valence-corrected chi connectivity index (χ0v) is 7.25. The van der Waals surface area contributed by atoms with E-state index in [-0.39, 0.29) is 0 Å². The molecule has 0 fully saturated rings. The van der Waals surface area contributed by atoms with Gasteiger partial charge in [0.1, 0.15) is 0 Å². The van der Waals surface area contributed by atoms with Gasteiger partial charge in [-0.15, -0.1) is 3.89 Å². The van der Waals surface area contributed by atoms with Crippen LogP contribution in [0.3, 0.4) is 0 Å². The Morgan fingerprint density at radius 1 is 1.15 bits per heavy atom. The second-order valence-electron chi connectivity index (χ2n) is 1.73. The van der Waals surface area contributed by atoms with E-state index < -0.39 is 32.4 Å². The number of hydrogen-bond donors (Lipinski definition) is 0. The Kier molecular flexibility index (Phi) is 3.27. The molecule has 0 rings (SSSR count). The molecule has 5 nitrogen and oxygen atoms in total. The minimum Gasteiger partial charge on any atom is -0.402 e. The molecule has 0 unspecified atom stereocenters. The molecule has 0 aliphatic carbocycles. The van der Waals surface area contributed by atoms with Gasteiger partial charge in [0.05, 0.1) is 0 Å². The fourth-order valence-corrected chi connectivity index (χ4v) is 1.75. The number of nitrogens with zero attached hydrogens (tertiary/aromatic N) is 1. The lowest BCUT2D eigenvalue weighted by Crippen LogP contribution is -2.30. The average Bonchev–Trinajstić information content (AvgIpc) is 1.81. The molecule has 13 heavy (non-hydrogen) atoms. The summed E-state index contributed by atoms with van der Waals surface area (Å²) in [4.78, 5) is 0.